The number of aryl methyl sites for hydroxylation is 1. The van der Waals surface area contributed by atoms with Gasteiger partial charge in [0.05, 0.1) is 11.8 Å². The maximum atomic E-state index is 11.3. The summed E-state index contributed by atoms with van der Waals surface area (Å²) in [6, 6.07) is 4.98. The zero-order valence-electron chi connectivity index (χ0n) is 8.95. The first kappa shape index (κ1) is 13.1. The molecule has 6 nitrogen and oxygen atoms in total. The molecule has 88 valence electrons. The molecular weight excluding hydrogens is 288 g/mol. The number of hydrogen-bond donors (Lipinski definition) is 2. The van der Waals surface area contributed by atoms with E-state index in [0.29, 0.717) is 5.69 Å². The number of aromatic nitrogens is 1. The molecule has 0 unspecified atom stereocenters. The number of halogens is 1. The Hall–Kier alpha value is -1.94. The van der Waals surface area contributed by atoms with Gasteiger partial charge >= 0.3 is 11.8 Å². The molecule has 0 atom stereocenters. The zero-order valence-corrected chi connectivity index (χ0v) is 10.5. The Morgan fingerprint density at radius 3 is 2.76 bits per heavy atom. The normalized spacial score (nSPS) is 9.24. The maximum Gasteiger partial charge on any atom is 0.314 e. The molecular formula is C10H9BrN4O2. The van der Waals surface area contributed by atoms with Crippen molar-refractivity contribution in [2.45, 2.75) is 6.92 Å². The van der Waals surface area contributed by atoms with Crippen molar-refractivity contribution in [3.05, 3.63) is 22.3 Å². The largest absolute Gasteiger partial charge is 0.335 e. The summed E-state index contributed by atoms with van der Waals surface area (Å²) < 4.78 is 0.810. The average Bonchev–Trinajstić information content (AvgIpc) is 2.30. The first-order valence-electron chi connectivity index (χ1n) is 4.64. The number of hydrogen-bond acceptors (Lipinski definition) is 4. The summed E-state index contributed by atoms with van der Waals surface area (Å²) in [5, 5.41) is 12.7. The summed E-state index contributed by atoms with van der Waals surface area (Å²) >= 11 is 3.27. The molecule has 2 amide bonds. The molecule has 0 saturated carbocycles. The second-order valence-electron chi connectivity index (χ2n) is 3.06. The van der Waals surface area contributed by atoms with Gasteiger partial charge in [0.2, 0.25) is 0 Å². The SMILES string of the molecule is Cc1nc(NC(=O)C(=O)NCC#N)ccc1Br. The third-order valence-electron chi connectivity index (χ3n) is 1.80. The molecule has 0 spiro atoms. The fraction of sp³-hybridized carbons (Fsp3) is 0.200. The van der Waals surface area contributed by atoms with Crippen molar-refractivity contribution in [2.75, 3.05) is 11.9 Å². The predicted molar refractivity (Wildman–Crippen MR) is 63.9 cm³/mol. The zero-order chi connectivity index (χ0) is 12.8. The lowest BCUT2D eigenvalue weighted by Gasteiger charge is -2.05. The highest BCUT2D eigenvalue weighted by Crippen LogP contribution is 2.15. The van der Waals surface area contributed by atoms with Crippen LogP contribution in [0.15, 0.2) is 16.6 Å². The van der Waals surface area contributed by atoms with Crippen LogP contribution in [-0.2, 0) is 9.59 Å². The van der Waals surface area contributed by atoms with Crippen LogP contribution in [0.5, 0.6) is 0 Å². The van der Waals surface area contributed by atoms with Gasteiger partial charge < -0.3 is 10.6 Å². The van der Waals surface area contributed by atoms with E-state index >= 15 is 0 Å². The summed E-state index contributed by atoms with van der Waals surface area (Å²) in [6.45, 7) is 1.55. The van der Waals surface area contributed by atoms with Gasteiger partial charge in [0, 0.05) is 4.47 Å². The minimum absolute atomic E-state index is 0.209. The lowest BCUT2D eigenvalue weighted by Crippen LogP contribution is -2.35. The molecule has 0 aliphatic rings. The van der Waals surface area contributed by atoms with Crippen LogP contribution in [0.25, 0.3) is 0 Å². The van der Waals surface area contributed by atoms with Crippen LogP contribution in [-0.4, -0.2) is 23.3 Å². The van der Waals surface area contributed by atoms with Crippen molar-refractivity contribution in [3.8, 4) is 6.07 Å². The Balaban J connectivity index is 2.65. The van der Waals surface area contributed by atoms with E-state index in [-0.39, 0.29) is 12.4 Å². The average molecular weight is 297 g/mol. The second-order valence-corrected chi connectivity index (χ2v) is 3.91. The Kier molecular flexibility index (Phi) is 4.60. The Morgan fingerprint density at radius 2 is 2.18 bits per heavy atom. The highest BCUT2D eigenvalue weighted by Gasteiger charge is 2.13. The molecule has 0 saturated heterocycles. The number of nitrogens with zero attached hydrogens (tertiary/aromatic N) is 2. The standard InChI is InChI=1S/C10H9BrN4O2/c1-6-7(11)2-3-8(14-6)15-10(17)9(16)13-5-4-12/h2-3H,5H2,1H3,(H,13,16)(H,14,15,17). The highest BCUT2D eigenvalue weighted by molar-refractivity contribution is 9.10. The van der Waals surface area contributed by atoms with E-state index < -0.39 is 11.8 Å². The van der Waals surface area contributed by atoms with Crippen LogP contribution in [0, 0.1) is 18.3 Å². The lowest BCUT2D eigenvalue weighted by molar-refractivity contribution is -0.136. The number of pyridine rings is 1. The van der Waals surface area contributed by atoms with E-state index in [4.69, 9.17) is 5.26 Å². The molecule has 0 fully saturated rings. The Labute approximate surface area is 106 Å². The van der Waals surface area contributed by atoms with Gasteiger partial charge in [-0.2, -0.15) is 5.26 Å². The number of carbonyl (C=O) groups is 2. The third-order valence-corrected chi connectivity index (χ3v) is 2.64. The maximum absolute atomic E-state index is 11.3. The highest BCUT2D eigenvalue weighted by atomic mass is 79.9. The molecule has 17 heavy (non-hydrogen) atoms. The van der Waals surface area contributed by atoms with Crippen molar-refractivity contribution in [1.82, 2.24) is 10.3 Å². The van der Waals surface area contributed by atoms with Crippen molar-refractivity contribution in [2.24, 2.45) is 0 Å². The Bertz CT molecular complexity index is 496. The van der Waals surface area contributed by atoms with Crippen LogP contribution < -0.4 is 10.6 Å². The van der Waals surface area contributed by atoms with Crippen molar-refractivity contribution in [3.63, 3.8) is 0 Å². The predicted octanol–water partition coefficient (Wildman–Crippen LogP) is 0.731. The van der Waals surface area contributed by atoms with Gasteiger partial charge in [-0.05, 0) is 35.0 Å². The van der Waals surface area contributed by atoms with Gasteiger partial charge in [-0.1, -0.05) is 0 Å². The molecule has 0 aliphatic heterocycles. The minimum atomic E-state index is -0.867. The fourth-order valence-corrected chi connectivity index (χ4v) is 1.21. The van der Waals surface area contributed by atoms with Crippen LogP contribution >= 0.6 is 15.9 Å². The van der Waals surface area contributed by atoms with E-state index in [1.807, 2.05) is 0 Å². The molecule has 1 aromatic heterocycles. The smallest absolute Gasteiger partial charge is 0.314 e. The number of amides is 2. The quantitative estimate of drug-likeness (QED) is 0.621. The number of nitrogens with one attached hydrogen (secondary N) is 2. The molecule has 0 radical (unpaired) electrons. The van der Waals surface area contributed by atoms with Crippen LogP contribution in [0.3, 0.4) is 0 Å². The molecule has 0 aliphatic carbocycles. The van der Waals surface area contributed by atoms with E-state index in [9.17, 15) is 9.59 Å². The molecule has 1 heterocycles. The number of nitriles is 1. The van der Waals surface area contributed by atoms with Gasteiger partial charge in [-0.25, -0.2) is 4.98 Å². The number of anilines is 1. The summed E-state index contributed by atoms with van der Waals surface area (Å²) in [7, 11) is 0. The van der Waals surface area contributed by atoms with E-state index in [1.165, 1.54) is 0 Å². The first-order chi connectivity index (χ1) is 8.04. The first-order valence-corrected chi connectivity index (χ1v) is 5.43. The van der Waals surface area contributed by atoms with Gasteiger partial charge in [0.15, 0.2) is 0 Å². The monoisotopic (exact) mass is 296 g/mol. The Morgan fingerprint density at radius 1 is 1.47 bits per heavy atom. The molecule has 0 aromatic carbocycles. The van der Waals surface area contributed by atoms with Gasteiger partial charge in [0.25, 0.3) is 0 Å². The number of carbonyl (C=O) groups excluding carboxylic acids is 2. The summed E-state index contributed by atoms with van der Waals surface area (Å²) in [4.78, 5) is 26.5. The van der Waals surface area contributed by atoms with Crippen molar-refractivity contribution < 1.29 is 9.59 Å². The summed E-state index contributed by atoms with van der Waals surface area (Å²) in [5.41, 5.74) is 0.695. The molecule has 1 aromatic rings. The van der Waals surface area contributed by atoms with Gasteiger partial charge in [-0.15, -0.1) is 0 Å². The lowest BCUT2D eigenvalue weighted by atomic mass is 10.3. The molecule has 2 N–H and O–H groups in total. The van der Waals surface area contributed by atoms with Crippen molar-refractivity contribution >= 4 is 33.6 Å². The molecule has 7 heteroatoms. The summed E-state index contributed by atoms with van der Waals surface area (Å²) in [6.07, 6.45) is 0. The fourth-order valence-electron chi connectivity index (χ4n) is 0.987. The van der Waals surface area contributed by atoms with Gasteiger partial charge in [0.1, 0.15) is 12.4 Å². The van der Waals surface area contributed by atoms with Gasteiger partial charge in [-0.3, -0.25) is 9.59 Å². The molecule has 0 bridgehead atoms. The van der Waals surface area contributed by atoms with Crippen LogP contribution in [0.4, 0.5) is 5.82 Å². The second kappa shape index (κ2) is 5.96. The summed E-state index contributed by atoms with van der Waals surface area (Å²) in [5.74, 6) is -1.44. The minimum Gasteiger partial charge on any atom is -0.335 e. The van der Waals surface area contributed by atoms with E-state index in [1.54, 1.807) is 25.1 Å². The number of rotatable bonds is 2. The van der Waals surface area contributed by atoms with Crippen molar-refractivity contribution in [1.29, 1.82) is 5.26 Å². The molecule has 1 rings (SSSR count). The third kappa shape index (κ3) is 3.85. The van der Waals surface area contributed by atoms with Crippen LogP contribution in [0.1, 0.15) is 5.69 Å². The van der Waals surface area contributed by atoms with E-state index in [0.717, 1.165) is 4.47 Å². The topological polar surface area (TPSA) is 94.9 Å². The van der Waals surface area contributed by atoms with Crippen LogP contribution in [0.2, 0.25) is 0 Å². The van der Waals surface area contributed by atoms with E-state index in [2.05, 4.69) is 31.5 Å².